The fraction of sp³-hybridized carbons (Fsp3) is 0.600. The van der Waals surface area contributed by atoms with Gasteiger partial charge in [0, 0.05) is 23.2 Å². The van der Waals surface area contributed by atoms with E-state index in [1.807, 2.05) is 24.3 Å². The summed E-state index contributed by atoms with van der Waals surface area (Å²) in [6, 6.07) is 7.52. The van der Waals surface area contributed by atoms with Gasteiger partial charge in [0.05, 0.1) is 0 Å². The van der Waals surface area contributed by atoms with E-state index in [0.717, 1.165) is 62.7 Å². The summed E-state index contributed by atoms with van der Waals surface area (Å²) >= 11 is 0. The first-order chi connectivity index (χ1) is 11.7. The SMILES string of the molecule is O=C(Nc1cccc(NC(=O)C2CCCCC2)c1)C1CCCCC1. The van der Waals surface area contributed by atoms with Crippen LogP contribution in [0.2, 0.25) is 0 Å². The zero-order chi connectivity index (χ0) is 16.8. The molecule has 0 atom stereocenters. The predicted octanol–water partition coefficient (Wildman–Crippen LogP) is 4.72. The van der Waals surface area contributed by atoms with E-state index in [2.05, 4.69) is 10.6 Å². The highest BCUT2D eigenvalue weighted by Gasteiger charge is 2.22. The number of hydrogen-bond donors (Lipinski definition) is 2. The van der Waals surface area contributed by atoms with E-state index in [1.54, 1.807) is 0 Å². The molecule has 4 nitrogen and oxygen atoms in total. The molecule has 24 heavy (non-hydrogen) atoms. The monoisotopic (exact) mass is 328 g/mol. The topological polar surface area (TPSA) is 58.2 Å². The van der Waals surface area contributed by atoms with E-state index in [4.69, 9.17) is 0 Å². The summed E-state index contributed by atoms with van der Waals surface area (Å²) in [7, 11) is 0. The Morgan fingerprint density at radius 1 is 0.708 bits per heavy atom. The van der Waals surface area contributed by atoms with Gasteiger partial charge in [0.2, 0.25) is 11.8 Å². The second-order valence-corrected chi connectivity index (χ2v) is 7.23. The summed E-state index contributed by atoms with van der Waals surface area (Å²) in [5, 5.41) is 6.03. The van der Waals surface area contributed by atoms with Gasteiger partial charge in [0.25, 0.3) is 0 Å². The van der Waals surface area contributed by atoms with Crippen molar-refractivity contribution in [3.8, 4) is 0 Å². The molecule has 0 aliphatic heterocycles. The van der Waals surface area contributed by atoms with Crippen LogP contribution in [0.4, 0.5) is 11.4 Å². The van der Waals surface area contributed by atoms with E-state index in [1.165, 1.54) is 12.8 Å². The van der Waals surface area contributed by atoms with Crippen molar-refractivity contribution in [2.24, 2.45) is 11.8 Å². The minimum absolute atomic E-state index is 0.116. The third-order valence-electron chi connectivity index (χ3n) is 5.35. The third kappa shape index (κ3) is 4.59. The largest absolute Gasteiger partial charge is 0.326 e. The lowest BCUT2D eigenvalue weighted by Gasteiger charge is -2.22. The standard InChI is InChI=1S/C20H28N2O2/c23-19(15-8-3-1-4-9-15)21-17-12-7-13-18(14-17)22-20(24)16-10-5-2-6-11-16/h7,12-16H,1-6,8-11H2,(H,21,23)(H,22,24). The van der Waals surface area contributed by atoms with Crippen LogP contribution in [0.15, 0.2) is 24.3 Å². The highest BCUT2D eigenvalue weighted by Crippen LogP contribution is 2.27. The lowest BCUT2D eigenvalue weighted by Crippen LogP contribution is -2.25. The lowest BCUT2D eigenvalue weighted by atomic mass is 9.88. The van der Waals surface area contributed by atoms with E-state index >= 15 is 0 Å². The van der Waals surface area contributed by atoms with Crippen LogP contribution in [-0.2, 0) is 9.59 Å². The average molecular weight is 328 g/mol. The molecule has 0 saturated heterocycles. The minimum Gasteiger partial charge on any atom is -0.326 e. The fourth-order valence-electron chi connectivity index (χ4n) is 3.89. The van der Waals surface area contributed by atoms with Crippen LogP contribution in [-0.4, -0.2) is 11.8 Å². The molecule has 4 heteroatoms. The average Bonchev–Trinajstić information content (AvgIpc) is 2.63. The Morgan fingerprint density at radius 3 is 1.54 bits per heavy atom. The molecule has 0 heterocycles. The Kier molecular flexibility index (Phi) is 5.89. The van der Waals surface area contributed by atoms with E-state index < -0.39 is 0 Å². The van der Waals surface area contributed by atoms with E-state index in [0.29, 0.717) is 0 Å². The van der Waals surface area contributed by atoms with Crippen LogP contribution in [0.25, 0.3) is 0 Å². The predicted molar refractivity (Wildman–Crippen MR) is 96.9 cm³/mol. The number of amides is 2. The Labute approximate surface area is 144 Å². The van der Waals surface area contributed by atoms with E-state index in [9.17, 15) is 9.59 Å². The molecule has 130 valence electrons. The highest BCUT2D eigenvalue weighted by atomic mass is 16.2. The van der Waals surface area contributed by atoms with Gasteiger partial charge in [-0.3, -0.25) is 9.59 Å². The summed E-state index contributed by atoms with van der Waals surface area (Å²) in [5.41, 5.74) is 1.54. The molecule has 0 aromatic heterocycles. The molecule has 0 spiro atoms. The second kappa shape index (κ2) is 8.32. The molecule has 2 aliphatic carbocycles. The number of hydrogen-bond acceptors (Lipinski definition) is 2. The number of carbonyl (C=O) groups excluding carboxylic acids is 2. The van der Waals surface area contributed by atoms with Crippen molar-refractivity contribution in [2.45, 2.75) is 64.2 Å². The summed E-state index contributed by atoms with van der Waals surface area (Å²) < 4.78 is 0. The van der Waals surface area contributed by atoms with Gasteiger partial charge in [0.1, 0.15) is 0 Å². The second-order valence-electron chi connectivity index (χ2n) is 7.23. The minimum atomic E-state index is 0.116. The zero-order valence-electron chi connectivity index (χ0n) is 14.4. The quantitative estimate of drug-likeness (QED) is 0.840. The van der Waals surface area contributed by atoms with Crippen molar-refractivity contribution in [3.63, 3.8) is 0 Å². The molecule has 0 radical (unpaired) electrons. The van der Waals surface area contributed by atoms with Crippen LogP contribution < -0.4 is 10.6 Å². The molecule has 0 bridgehead atoms. The number of carbonyl (C=O) groups is 2. The Bertz CT molecular complexity index is 526. The van der Waals surface area contributed by atoms with Gasteiger partial charge in [-0.15, -0.1) is 0 Å². The molecule has 1 aromatic carbocycles. The Hall–Kier alpha value is -1.84. The third-order valence-corrected chi connectivity index (χ3v) is 5.35. The summed E-state index contributed by atoms with van der Waals surface area (Å²) in [4.78, 5) is 24.7. The summed E-state index contributed by atoms with van der Waals surface area (Å²) in [6.45, 7) is 0. The van der Waals surface area contributed by atoms with Crippen LogP contribution in [0.3, 0.4) is 0 Å². The van der Waals surface area contributed by atoms with Gasteiger partial charge < -0.3 is 10.6 Å². The number of rotatable bonds is 4. The molecule has 2 fully saturated rings. The first-order valence-corrected chi connectivity index (χ1v) is 9.44. The maximum atomic E-state index is 12.3. The Balaban J connectivity index is 1.57. The molecular formula is C20H28N2O2. The molecule has 2 saturated carbocycles. The first kappa shape index (κ1) is 17.0. The summed E-state index contributed by atoms with van der Waals surface area (Å²) in [5.74, 6) is 0.509. The number of benzene rings is 1. The van der Waals surface area contributed by atoms with Gasteiger partial charge in [-0.25, -0.2) is 0 Å². The number of anilines is 2. The van der Waals surface area contributed by atoms with Crippen molar-refractivity contribution in [1.82, 2.24) is 0 Å². The van der Waals surface area contributed by atoms with E-state index in [-0.39, 0.29) is 23.7 Å². The maximum Gasteiger partial charge on any atom is 0.227 e. The van der Waals surface area contributed by atoms with Crippen LogP contribution in [0.5, 0.6) is 0 Å². The fourth-order valence-corrected chi connectivity index (χ4v) is 3.89. The molecule has 3 rings (SSSR count). The smallest absolute Gasteiger partial charge is 0.227 e. The van der Waals surface area contributed by atoms with Gasteiger partial charge in [-0.05, 0) is 43.9 Å². The van der Waals surface area contributed by atoms with Gasteiger partial charge in [-0.2, -0.15) is 0 Å². The lowest BCUT2D eigenvalue weighted by molar-refractivity contribution is -0.121. The maximum absolute atomic E-state index is 12.3. The van der Waals surface area contributed by atoms with Gasteiger partial charge in [-0.1, -0.05) is 44.6 Å². The van der Waals surface area contributed by atoms with Gasteiger partial charge in [0.15, 0.2) is 0 Å². The van der Waals surface area contributed by atoms with Crippen molar-refractivity contribution < 1.29 is 9.59 Å². The van der Waals surface area contributed by atoms with Crippen molar-refractivity contribution in [3.05, 3.63) is 24.3 Å². The van der Waals surface area contributed by atoms with Crippen molar-refractivity contribution in [2.75, 3.05) is 10.6 Å². The molecule has 2 aliphatic rings. The molecule has 1 aromatic rings. The number of nitrogens with one attached hydrogen (secondary N) is 2. The van der Waals surface area contributed by atoms with Crippen molar-refractivity contribution >= 4 is 23.2 Å². The van der Waals surface area contributed by atoms with Crippen molar-refractivity contribution in [1.29, 1.82) is 0 Å². The molecule has 0 unspecified atom stereocenters. The first-order valence-electron chi connectivity index (χ1n) is 9.44. The zero-order valence-corrected chi connectivity index (χ0v) is 14.4. The highest BCUT2D eigenvalue weighted by molar-refractivity contribution is 5.95. The van der Waals surface area contributed by atoms with Crippen LogP contribution in [0.1, 0.15) is 64.2 Å². The normalized spacial score (nSPS) is 19.7. The molecule has 2 amide bonds. The Morgan fingerprint density at radius 2 is 1.12 bits per heavy atom. The molecular weight excluding hydrogens is 300 g/mol. The molecule has 2 N–H and O–H groups in total. The van der Waals surface area contributed by atoms with Crippen LogP contribution >= 0.6 is 0 Å². The van der Waals surface area contributed by atoms with Gasteiger partial charge >= 0.3 is 0 Å². The summed E-state index contributed by atoms with van der Waals surface area (Å²) in [6.07, 6.45) is 11.0. The van der Waals surface area contributed by atoms with Crippen LogP contribution in [0, 0.1) is 11.8 Å².